The van der Waals surface area contributed by atoms with Crippen LogP contribution in [0.25, 0.3) is 0 Å². The number of carbonyl (C=O) groups excluding carboxylic acids is 1. The highest BCUT2D eigenvalue weighted by molar-refractivity contribution is 5.95. The second-order valence-corrected chi connectivity index (χ2v) is 5.91. The molecule has 0 bridgehead atoms. The van der Waals surface area contributed by atoms with Crippen molar-refractivity contribution in [2.75, 3.05) is 25.1 Å². The average Bonchev–Trinajstić information content (AvgIpc) is 2.63. The molecule has 0 aliphatic rings. The summed E-state index contributed by atoms with van der Waals surface area (Å²) in [7, 11) is 0. The van der Waals surface area contributed by atoms with E-state index >= 15 is 0 Å². The van der Waals surface area contributed by atoms with Gasteiger partial charge in [-0.2, -0.15) is 0 Å². The summed E-state index contributed by atoms with van der Waals surface area (Å²) >= 11 is 0. The molecule has 25 heavy (non-hydrogen) atoms. The quantitative estimate of drug-likeness (QED) is 0.684. The number of nitrogens with one attached hydrogen (secondary N) is 1. The van der Waals surface area contributed by atoms with E-state index in [0.29, 0.717) is 23.8 Å². The molecule has 2 rings (SSSR count). The van der Waals surface area contributed by atoms with E-state index in [0.717, 1.165) is 5.75 Å². The average molecular weight is 344 g/mol. The van der Waals surface area contributed by atoms with Gasteiger partial charge >= 0.3 is 0 Å². The van der Waals surface area contributed by atoms with Crippen LogP contribution in [0.3, 0.4) is 0 Å². The molecule has 0 fully saturated rings. The van der Waals surface area contributed by atoms with Crippen molar-refractivity contribution < 1.29 is 19.4 Å². The molecule has 0 saturated heterocycles. The van der Waals surface area contributed by atoms with Crippen LogP contribution < -0.4 is 20.5 Å². The first-order chi connectivity index (χ1) is 12.0. The summed E-state index contributed by atoms with van der Waals surface area (Å²) in [5.41, 5.74) is 5.16. The third kappa shape index (κ3) is 4.95. The Morgan fingerprint density at radius 3 is 2.44 bits per heavy atom. The number of ether oxygens (including phenoxy) is 2. The minimum Gasteiger partial charge on any atom is -0.494 e. The molecule has 6 heteroatoms. The number of nitrogens with two attached hydrogens (primary N) is 1. The van der Waals surface area contributed by atoms with Gasteiger partial charge in [0, 0.05) is 18.3 Å². The van der Waals surface area contributed by atoms with Crippen molar-refractivity contribution in [3.05, 3.63) is 48.5 Å². The van der Waals surface area contributed by atoms with Crippen LogP contribution in [0.5, 0.6) is 17.2 Å². The fourth-order valence-corrected chi connectivity index (χ4v) is 2.05. The molecule has 0 aliphatic carbocycles. The highest BCUT2D eigenvalue weighted by Gasteiger charge is 2.30. The fourth-order valence-electron chi connectivity index (χ4n) is 2.05. The molecular weight excluding hydrogens is 320 g/mol. The number of aliphatic hydroxyl groups excluding tert-OH is 1. The van der Waals surface area contributed by atoms with Crippen molar-refractivity contribution in [1.82, 2.24) is 0 Å². The van der Waals surface area contributed by atoms with E-state index in [4.69, 9.17) is 15.2 Å². The molecule has 1 amide bonds. The van der Waals surface area contributed by atoms with Gasteiger partial charge in [0.25, 0.3) is 0 Å². The van der Waals surface area contributed by atoms with Gasteiger partial charge in [-0.3, -0.25) is 4.79 Å². The van der Waals surface area contributed by atoms with E-state index in [1.165, 1.54) is 0 Å². The van der Waals surface area contributed by atoms with E-state index < -0.39 is 5.41 Å². The van der Waals surface area contributed by atoms with E-state index in [2.05, 4.69) is 5.32 Å². The van der Waals surface area contributed by atoms with E-state index in [1.807, 2.05) is 31.2 Å². The number of hydrogen-bond acceptors (Lipinski definition) is 5. The Labute approximate surface area is 147 Å². The van der Waals surface area contributed by atoms with E-state index in [-0.39, 0.29) is 19.1 Å². The van der Waals surface area contributed by atoms with Crippen molar-refractivity contribution >= 4 is 11.6 Å². The summed E-state index contributed by atoms with van der Waals surface area (Å²) in [6, 6.07) is 14.3. The second kappa shape index (κ2) is 8.50. The zero-order chi connectivity index (χ0) is 18.3. The van der Waals surface area contributed by atoms with Crippen LogP contribution in [0.4, 0.5) is 5.69 Å². The molecule has 0 saturated carbocycles. The molecule has 0 radical (unpaired) electrons. The van der Waals surface area contributed by atoms with Crippen LogP contribution >= 0.6 is 0 Å². The second-order valence-electron chi connectivity index (χ2n) is 5.91. The molecule has 2 aromatic carbocycles. The first kappa shape index (κ1) is 18.8. The SMILES string of the molecule is CCOc1cccc(Oc2ccc(NC(=O)[C@@](C)(CN)CO)cc2)c1. The van der Waals surface area contributed by atoms with Crippen LogP contribution in [-0.2, 0) is 4.79 Å². The van der Waals surface area contributed by atoms with Crippen molar-refractivity contribution in [2.45, 2.75) is 13.8 Å². The molecule has 2 aromatic rings. The monoisotopic (exact) mass is 344 g/mol. The van der Waals surface area contributed by atoms with Crippen molar-refractivity contribution in [2.24, 2.45) is 11.1 Å². The molecule has 0 heterocycles. The van der Waals surface area contributed by atoms with Gasteiger partial charge in [0.05, 0.1) is 18.6 Å². The van der Waals surface area contributed by atoms with Gasteiger partial charge in [-0.05, 0) is 50.2 Å². The lowest BCUT2D eigenvalue weighted by Crippen LogP contribution is -2.42. The van der Waals surface area contributed by atoms with Gasteiger partial charge in [0.2, 0.25) is 5.91 Å². The van der Waals surface area contributed by atoms with Gasteiger partial charge in [-0.1, -0.05) is 6.07 Å². The molecule has 4 N–H and O–H groups in total. The number of anilines is 1. The molecule has 0 aliphatic heterocycles. The first-order valence-electron chi connectivity index (χ1n) is 8.14. The number of aliphatic hydroxyl groups is 1. The van der Waals surface area contributed by atoms with Crippen LogP contribution in [0.15, 0.2) is 48.5 Å². The predicted molar refractivity (Wildman–Crippen MR) is 97.0 cm³/mol. The first-order valence-corrected chi connectivity index (χ1v) is 8.14. The smallest absolute Gasteiger partial charge is 0.233 e. The van der Waals surface area contributed by atoms with Crippen LogP contribution in [0, 0.1) is 5.41 Å². The summed E-state index contributed by atoms with van der Waals surface area (Å²) in [4.78, 5) is 12.2. The maximum absolute atomic E-state index is 12.2. The Kier molecular flexibility index (Phi) is 6.38. The zero-order valence-corrected chi connectivity index (χ0v) is 14.5. The molecule has 6 nitrogen and oxygen atoms in total. The standard InChI is InChI=1S/C19H24N2O4/c1-3-24-16-5-4-6-17(11-16)25-15-9-7-14(8-10-15)21-18(23)19(2,12-20)13-22/h4-11,22H,3,12-13,20H2,1-2H3,(H,21,23)/t19-/m0/s1. The number of amides is 1. The fraction of sp³-hybridized carbons (Fsp3) is 0.316. The third-order valence-electron chi connectivity index (χ3n) is 3.81. The maximum Gasteiger partial charge on any atom is 0.233 e. The van der Waals surface area contributed by atoms with Crippen molar-refractivity contribution in [3.8, 4) is 17.2 Å². The Bertz CT molecular complexity index is 697. The molecule has 134 valence electrons. The summed E-state index contributed by atoms with van der Waals surface area (Å²) in [6.07, 6.45) is 0. The number of hydrogen-bond donors (Lipinski definition) is 3. The lowest BCUT2D eigenvalue weighted by Gasteiger charge is -2.24. The van der Waals surface area contributed by atoms with Gasteiger partial charge in [0.1, 0.15) is 17.2 Å². The van der Waals surface area contributed by atoms with Gasteiger partial charge in [-0.15, -0.1) is 0 Å². The Morgan fingerprint density at radius 2 is 1.84 bits per heavy atom. The lowest BCUT2D eigenvalue weighted by atomic mass is 9.91. The van der Waals surface area contributed by atoms with Crippen LogP contribution in [0.1, 0.15) is 13.8 Å². The largest absolute Gasteiger partial charge is 0.494 e. The zero-order valence-electron chi connectivity index (χ0n) is 14.5. The number of benzene rings is 2. The summed E-state index contributed by atoms with van der Waals surface area (Å²) in [5.74, 6) is 1.72. The molecule has 0 unspecified atom stereocenters. The van der Waals surface area contributed by atoms with Crippen LogP contribution in [-0.4, -0.2) is 30.8 Å². The maximum atomic E-state index is 12.2. The molecule has 0 spiro atoms. The van der Waals surface area contributed by atoms with Gasteiger partial charge < -0.3 is 25.6 Å². The Hall–Kier alpha value is -2.57. The Balaban J connectivity index is 2.02. The molecular formula is C19H24N2O4. The molecule has 0 aromatic heterocycles. The third-order valence-corrected chi connectivity index (χ3v) is 3.81. The van der Waals surface area contributed by atoms with Crippen molar-refractivity contribution in [3.63, 3.8) is 0 Å². The van der Waals surface area contributed by atoms with Crippen molar-refractivity contribution in [1.29, 1.82) is 0 Å². The lowest BCUT2D eigenvalue weighted by molar-refractivity contribution is -0.126. The highest BCUT2D eigenvalue weighted by atomic mass is 16.5. The predicted octanol–water partition coefficient (Wildman–Crippen LogP) is 2.77. The number of carbonyl (C=O) groups is 1. The minimum absolute atomic E-state index is 0.0622. The normalized spacial score (nSPS) is 13.0. The summed E-state index contributed by atoms with van der Waals surface area (Å²) in [5, 5.41) is 12.1. The molecule has 1 atom stereocenters. The van der Waals surface area contributed by atoms with Gasteiger partial charge in [-0.25, -0.2) is 0 Å². The van der Waals surface area contributed by atoms with E-state index in [9.17, 15) is 9.90 Å². The highest BCUT2D eigenvalue weighted by Crippen LogP contribution is 2.26. The number of rotatable bonds is 8. The summed E-state index contributed by atoms with van der Waals surface area (Å²) < 4.78 is 11.2. The van der Waals surface area contributed by atoms with Crippen LogP contribution in [0.2, 0.25) is 0 Å². The van der Waals surface area contributed by atoms with E-state index in [1.54, 1.807) is 31.2 Å². The summed E-state index contributed by atoms with van der Waals surface area (Å²) in [6.45, 7) is 3.88. The topological polar surface area (TPSA) is 93.8 Å². The Morgan fingerprint density at radius 1 is 1.16 bits per heavy atom. The van der Waals surface area contributed by atoms with Gasteiger partial charge in [0.15, 0.2) is 0 Å². The minimum atomic E-state index is -1.01.